The maximum absolute atomic E-state index is 12.1. The van der Waals surface area contributed by atoms with E-state index >= 15 is 0 Å². The summed E-state index contributed by atoms with van der Waals surface area (Å²) >= 11 is 0. The second-order valence-corrected chi connectivity index (χ2v) is 4.69. The van der Waals surface area contributed by atoms with E-state index in [0.29, 0.717) is 11.9 Å². The van der Waals surface area contributed by atoms with Gasteiger partial charge in [0.1, 0.15) is 0 Å². The Labute approximate surface area is 99.6 Å². The molecule has 0 aliphatic carbocycles. The highest BCUT2D eigenvalue weighted by Crippen LogP contribution is 2.12. The average molecular weight is 226 g/mol. The van der Waals surface area contributed by atoms with Crippen molar-refractivity contribution in [3.05, 3.63) is 0 Å². The molecule has 0 aromatic carbocycles. The van der Waals surface area contributed by atoms with Crippen molar-refractivity contribution in [1.29, 1.82) is 0 Å². The van der Waals surface area contributed by atoms with E-state index in [1.165, 1.54) is 12.8 Å². The molecule has 16 heavy (non-hydrogen) atoms. The molecule has 3 heteroatoms. The highest BCUT2D eigenvalue weighted by molar-refractivity contribution is 5.76. The molecule has 1 fully saturated rings. The third-order valence-electron chi connectivity index (χ3n) is 3.25. The fourth-order valence-corrected chi connectivity index (χ4v) is 2.33. The first kappa shape index (κ1) is 13.5. The van der Waals surface area contributed by atoms with E-state index in [2.05, 4.69) is 24.1 Å². The van der Waals surface area contributed by atoms with Gasteiger partial charge in [-0.15, -0.1) is 0 Å². The number of nitrogens with one attached hydrogen (secondary N) is 1. The Kier molecular flexibility index (Phi) is 6.46. The number of hydrogen-bond acceptors (Lipinski definition) is 2. The highest BCUT2D eigenvalue weighted by atomic mass is 16.2. The third-order valence-corrected chi connectivity index (χ3v) is 3.25. The molecule has 0 aromatic rings. The van der Waals surface area contributed by atoms with E-state index in [9.17, 15) is 4.79 Å². The van der Waals surface area contributed by atoms with Crippen molar-refractivity contribution in [2.75, 3.05) is 19.6 Å². The highest BCUT2D eigenvalue weighted by Gasteiger charge is 2.24. The lowest BCUT2D eigenvalue weighted by Gasteiger charge is -2.28. The zero-order valence-corrected chi connectivity index (χ0v) is 10.8. The molecular formula is C13H26N2O. The van der Waals surface area contributed by atoms with E-state index in [0.717, 1.165) is 45.3 Å². The number of carbonyl (C=O) groups is 1. The summed E-state index contributed by atoms with van der Waals surface area (Å²) in [6, 6.07) is 0.453. The zero-order valence-electron chi connectivity index (χ0n) is 10.8. The van der Waals surface area contributed by atoms with Crippen molar-refractivity contribution in [2.45, 2.75) is 58.4 Å². The number of amides is 1. The maximum atomic E-state index is 12.1. The van der Waals surface area contributed by atoms with Gasteiger partial charge >= 0.3 is 0 Å². The summed E-state index contributed by atoms with van der Waals surface area (Å²) in [5.74, 6) is 0.365. The van der Waals surface area contributed by atoms with Crippen LogP contribution in [0, 0.1) is 0 Å². The average Bonchev–Trinajstić information content (AvgIpc) is 2.79. The molecule has 0 spiro atoms. The summed E-state index contributed by atoms with van der Waals surface area (Å²) in [7, 11) is 0. The lowest BCUT2D eigenvalue weighted by atomic mass is 10.1. The molecular weight excluding hydrogens is 200 g/mol. The van der Waals surface area contributed by atoms with Crippen LogP contribution in [0.4, 0.5) is 0 Å². The molecule has 1 saturated heterocycles. The minimum atomic E-state index is 0.365. The first-order valence-electron chi connectivity index (χ1n) is 6.79. The molecule has 1 N–H and O–H groups in total. The van der Waals surface area contributed by atoms with Crippen LogP contribution in [0.1, 0.15) is 52.4 Å². The molecule has 94 valence electrons. The van der Waals surface area contributed by atoms with Gasteiger partial charge in [-0.3, -0.25) is 4.79 Å². The van der Waals surface area contributed by atoms with Gasteiger partial charge in [0, 0.05) is 25.6 Å². The second-order valence-electron chi connectivity index (χ2n) is 4.69. The van der Waals surface area contributed by atoms with Gasteiger partial charge in [-0.2, -0.15) is 0 Å². The Balaban J connectivity index is 2.38. The third kappa shape index (κ3) is 4.12. The largest absolute Gasteiger partial charge is 0.338 e. The van der Waals surface area contributed by atoms with E-state index < -0.39 is 0 Å². The van der Waals surface area contributed by atoms with Crippen molar-refractivity contribution < 1.29 is 4.79 Å². The molecule has 0 aromatic heterocycles. The molecule has 3 nitrogen and oxygen atoms in total. The first-order chi connectivity index (χ1) is 7.79. The van der Waals surface area contributed by atoms with Crippen molar-refractivity contribution in [3.63, 3.8) is 0 Å². The zero-order chi connectivity index (χ0) is 11.8. The molecule has 1 amide bonds. The van der Waals surface area contributed by atoms with Gasteiger partial charge in [0.25, 0.3) is 0 Å². The van der Waals surface area contributed by atoms with E-state index in [1.807, 2.05) is 0 Å². The maximum Gasteiger partial charge on any atom is 0.222 e. The van der Waals surface area contributed by atoms with Gasteiger partial charge in [0.05, 0.1) is 0 Å². The topological polar surface area (TPSA) is 32.3 Å². The van der Waals surface area contributed by atoms with E-state index in [4.69, 9.17) is 0 Å². The van der Waals surface area contributed by atoms with E-state index in [1.54, 1.807) is 0 Å². The summed E-state index contributed by atoms with van der Waals surface area (Å²) in [5.41, 5.74) is 0. The fraction of sp³-hybridized carbons (Fsp3) is 0.923. The standard InChI is InChI=1S/C13H26N2O/c1-3-5-6-7-13(16)15(10-4-2)12-8-9-14-11-12/h12,14H,3-11H2,1-2H3. The van der Waals surface area contributed by atoms with Crippen LogP contribution in [0.3, 0.4) is 0 Å². The summed E-state index contributed by atoms with van der Waals surface area (Å²) in [6.45, 7) is 7.30. The predicted octanol–water partition coefficient (Wildman–Crippen LogP) is 2.17. The van der Waals surface area contributed by atoms with Crippen LogP contribution in [0.25, 0.3) is 0 Å². The van der Waals surface area contributed by atoms with Gasteiger partial charge in [0.15, 0.2) is 0 Å². The van der Waals surface area contributed by atoms with E-state index in [-0.39, 0.29) is 0 Å². The smallest absolute Gasteiger partial charge is 0.222 e. The Morgan fingerprint density at radius 2 is 2.12 bits per heavy atom. The van der Waals surface area contributed by atoms with Gasteiger partial charge in [-0.25, -0.2) is 0 Å². The second kappa shape index (κ2) is 7.66. The Morgan fingerprint density at radius 3 is 2.69 bits per heavy atom. The molecule has 0 saturated carbocycles. The molecule has 1 heterocycles. The number of hydrogen-bond donors (Lipinski definition) is 1. The summed E-state index contributed by atoms with van der Waals surface area (Å²) in [6.07, 6.45) is 6.34. The SMILES string of the molecule is CCCCCC(=O)N(CCC)C1CCNC1. The Morgan fingerprint density at radius 1 is 1.31 bits per heavy atom. The normalized spacial score (nSPS) is 20.0. The lowest BCUT2D eigenvalue weighted by Crippen LogP contribution is -2.41. The molecule has 1 aliphatic rings. The van der Waals surface area contributed by atoms with Crippen molar-refractivity contribution in [2.24, 2.45) is 0 Å². The monoisotopic (exact) mass is 226 g/mol. The molecule has 0 bridgehead atoms. The summed E-state index contributed by atoms with van der Waals surface area (Å²) in [5, 5.41) is 3.34. The van der Waals surface area contributed by atoms with Crippen LogP contribution < -0.4 is 5.32 Å². The number of rotatable bonds is 7. The number of nitrogens with zero attached hydrogens (tertiary/aromatic N) is 1. The Bertz CT molecular complexity index is 200. The first-order valence-corrected chi connectivity index (χ1v) is 6.79. The van der Waals surface area contributed by atoms with Gasteiger partial charge in [-0.1, -0.05) is 26.7 Å². The van der Waals surface area contributed by atoms with Gasteiger partial charge in [0.2, 0.25) is 5.91 Å². The summed E-state index contributed by atoms with van der Waals surface area (Å²) in [4.78, 5) is 14.2. The minimum Gasteiger partial charge on any atom is -0.338 e. The van der Waals surface area contributed by atoms with Crippen molar-refractivity contribution in [3.8, 4) is 0 Å². The van der Waals surface area contributed by atoms with Crippen LogP contribution in [0.5, 0.6) is 0 Å². The molecule has 1 atom stereocenters. The lowest BCUT2D eigenvalue weighted by molar-refractivity contribution is -0.133. The molecule has 1 unspecified atom stereocenters. The van der Waals surface area contributed by atoms with Crippen LogP contribution in [-0.2, 0) is 4.79 Å². The quantitative estimate of drug-likeness (QED) is 0.675. The van der Waals surface area contributed by atoms with Crippen LogP contribution in [0.2, 0.25) is 0 Å². The summed E-state index contributed by atoms with van der Waals surface area (Å²) < 4.78 is 0. The fourth-order valence-electron chi connectivity index (χ4n) is 2.33. The van der Waals surface area contributed by atoms with Crippen molar-refractivity contribution >= 4 is 5.91 Å². The van der Waals surface area contributed by atoms with Crippen LogP contribution in [-0.4, -0.2) is 36.5 Å². The number of carbonyl (C=O) groups excluding carboxylic acids is 1. The molecule has 1 aliphatic heterocycles. The van der Waals surface area contributed by atoms with Crippen LogP contribution >= 0.6 is 0 Å². The van der Waals surface area contributed by atoms with Crippen molar-refractivity contribution in [1.82, 2.24) is 10.2 Å². The van der Waals surface area contributed by atoms with Gasteiger partial charge < -0.3 is 10.2 Å². The number of unbranched alkanes of at least 4 members (excludes halogenated alkanes) is 2. The predicted molar refractivity (Wildman–Crippen MR) is 67.4 cm³/mol. The molecule has 0 radical (unpaired) electrons. The van der Waals surface area contributed by atoms with Crippen LogP contribution in [0.15, 0.2) is 0 Å². The van der Waals surface area contributed by atoms with Gasteiger partial charge in [-0.05, 0) is 25.8 Å². The molecule has 1 rings (SSSR count). The Hall–Kier alpha value is -0.570. The minimum absolute atomic E-state index is 0.365.